The number of amides is 2. The fourth-order valence-corrected chi connectivity index (χ4v) is 1.85. The van der Waals surface area contributed by atoms with Gasteiger partial charge in [0.1, 0.15) is 0 Å². The number of halogens is 4. The molecule has 116 valence electrons. The first-order chi connectivity index (χ1) is 10.3. The van der Waals surface area contributed by atoms with Crippen LogP contribution in [0.3, 0.4) is 0 Å². The van der Waals surface area contributed by atoms with Gasteiger partial charge in [-0.05, 0) is 30.3 Å². The maximum absolute atomic E-state index is 12.6. The summed E-state index contributed by atoms with van der Waals surface area (Å²) >= 11 is 5.77. The molecule has 2 N–H and O–H groups in total. The lowest BCUT2D eigenvalue weighted by atomic mass is 10.2. The third kappa shape index (κ3) is 3.62. The number of para-hydroxylation sites is 1. The zero-order chi connectivity index (χ0) is 16.3. The van der Waals surface area contributed by atoms with Crippen molar-refractivity contribution in [3.8, 4) is 5.75 Å². The average Bonchev–Trinajstić information content (AvgIpc) is 2.45. The summed E-state index contributed by atoms with van der Waals surface area (Å²) in [6.07, 6.45) is -4.52. The van der Waals surface area contributed by atoms with Crippen LogP contribution in [0, 0.1) is 0 Å². The Morgan fingerprint density at radius 1 is 1.14 bits per heavy atom. The van der Waals surface area contributed by atoms with Gasteiger partial charge in [-0.2, -0.15) is 13.2 Å². The molecule has 4 nitrogen and oxygen atoms in total. The van der Waals surface area contributed by atoms with E-state index in [1.54, 1.807) is 30.3 Å². The van der Waals surface area contributed by atoms with Crippen LogP contribution in [0.2, 0.25) is 5.02 Å². The van der Waals surface area contributed by atoms with Gasteiger partial charge >= 0.3 is 12.2 Å². The van der Waals surface area contributed by atoms with Crippen molar-refractivity contribution in [3.05, 3.63) is 59.1 Å². The molecule has 0 heterocycles. The lowest BCUT2D eigenvalue weighted by molar-refractivity contribution is -0.137. The van der Waals surface area contributed by atoms with Crippen LogP contribution in [0.25, 0.3) is 0 Å². The Balaban J connectivity index is 2.30. The van der Waals surface area contributed by atoms with Gasteiger partial charge in [0, 0.05) is 0 Å². The molecule has 0 saturated heterocycles. The summed E-state index contributed by atoms with van der Waals surface area (Å²) in [6, 6.07) is 9.67. The molecule has 0 radical (unpaired) electrons. The quantitative estimate of drug-likeness (QED) is 0.856. The number of urea groups is 1. The highest BCUT2D eigenvalue weighted by molar-refractivity contribution is 6.32. The molecule has 2 aromatic rings. The number of alkyl halides is 3. The Kier molecular flexibility index (Phi) is 4.46. The normalized spacial score (nSPS) is 11.1. The van der Waals surface area contributed by atoms with E-state index in [2.05, 4.69) is 0 Å². The molecule has 2 rings (SSSR count). The van der Waals surface area contributed by atoms with Crippen molar-refractivity contribution < 1.29 is 22.8 Å². The number of primary amides is 1. The average molecular weight is 331 g/mol. The number of nitrogens with zero attached hydrogens (tertiary/aromatic N) is 1. The van der Waals surface area contributed by atoms with E-state index < -0.39 is 17.8 Å². The van der Waals surface area contributed by atoms with Gasteiger partial charge in [0.25, 0.3) is 0 Å². The Morgan fingerprint density at radius 3 is 2.27 bits per heavy atom. The summed E-state index contributed by atoms with van der Waals surface area (Å²) < 4.78 is 37.7. The molecule has 2 aromatic carbocycles. The molecular weight excluding hydrogens is 321 g/mol. The fraction of sp³-hybridized carbons (Fsp3) is 0.0714. The highest BCUT2D eigenvalue weighted by Gasteiger charge is 2.31. The monoisotopic (exact) mass is 330 g/mol. The minimum Gasteiger partial charge on any atom is -0.369 e. The Hall–Kier alpha value is -2.41. The van der Waals surface area contributed by atoms with Gasteiger partial charge in [-0.25, -0.2) is 4.79 Å². The summed E-state index contributed by atoms with van der Waals surface area (Å²) in [7, 11) is 0. The van der Waals surface area contributed by atoms with E-state index in [0.717, 1.165) is 17.2 Å². The molecule has 0 aliphatic carbocycles. The SMILES string of the molecule is NC(=O)N(Oc1ccc(C(F)(F)F)cc1Cl)c1ccccc1. The van der Waals surface area contributed by atoms with Crippen LogP contribution in [0.1, 0.15) is 5.56 Å². The van der Waals surface area contributed by atoms with E-state index in [-0.39, 0.29) is 10.8 Å². The Morgan fingerprint density at radius 2 is 1.77 bits per heavy atom. The minimum absolute atomic E-state index is 0.127. The van der Waals surface area contributed by atoms with Crippen LogP contribution in [-0.2, 0) is 6.18 Å². The van der Waals surface area contributed by atoms with Crippen LogP contribution in [0.4, 0.5) is 23.7 Å². The van der Waals surface area contributed by atoms with E-state index in [9.17, 15) is 18.0 Å². The third-order valence-corrected chi connectivity index (χ3v) is 2.94. The van der Waals surface area contributed by atoms with Crippen molar-refractivity contribution in [2.45, 2.75) is 6.18 Å². The van der Waals surface area contributed by atoms with Crippen molar-refractivity contribution in [2.24, 2.45) is 5.73 Å². The molecule has 0 unspecified atom stereocenters. The van der Waals surface area contributed by atoms with E-state index in [0.29, 0.717) is 11.8 Å². The van der Waals surface area contributed by atoms with Gasteiger partial charge in [0.05, 0.1) is 16.3 Å². The second kappa shape index (κ2) is 6.15. The van der Waals surface area contributed by atoms with Gasteiger partial charge in [0.2, 0.25) is 0 Å². The van der Waals surface area contributed by atoms with Crippen LogP contribution in [0.15, 0.2) is 48.5 Å². The number of carbonyl (C=O) groups excluding carboxylic acids is 1. The first-order valence-electron chi connectivity index (χ1n) is 5.98. The van der Waals surface area contributed by atoms with Crippen LogP contribution in [0.5, 0.6) is 5.75 Å². The van der Waals surface area contributed by atoms with Gasteiger partial charge < -0.3 is 10.6 Å². The molecule has 0 atom stereocenters. The van der Waals surface area contributed by atoms with E-state index >= 15 is 0 Å². The molecule has 8 heteroatoms. The number of hydroxylamine groups is 1. The molecule has 0 aliphatic rings. The number of rotatable bonds is 3. The summed E-state index contributed by atoms with van der Waals surface area (Å²) in [5.74, 6) is -0.127. The number of nitrogens with two attached hydrogens (primary N) is 1. The molecule has 0 aromatic heterocycles. The van der Waals surface area contributed by atoms with E-state index in [1.165, 1.54) is 0 Å². The van der Waals surface area contributed by atoms with Gasteiger partial charge in [-0.1, -0.05) is 29.8 Å². The summed E-state index contributed by atoms with van der Waals surface area (Å²) in [5.41, 5.74) is 4.59. The van der Waals surface area contributed by atoms with Crippen molar-refractivity contribution >= 4 is 23.3 Å². The van der Waals surface area contributed by atoms with Crippen molar-refractivity contribution in [2.75, 3.05) is 5.06 Å². The molecule has 0 fully saturated rings. The zero-order valence-corrected chi connectivity index (χ0v) is 11.7. The number of anilines is 1. The Bertz CT molecular complexity index is 678. The highest BCUT2D eigenvalue weighted by Crippen LogP contribution is 2.35. The fourth-order valence-electron chi connectivity index (χ4n) is 1.64. The lowest BCUT2D eigenvalue weighted by Gasteiger charge is -2.21. The summed E-state index contributed by atoms with van der Waals surface area (Å²) in [5, 5.41) is 0.436. The second-order valence-electron chi connectivity index (χ2n) is 4.20. The van der Waals surface area contributed by atoms with Crippen LogP contribution >= 0.6 is 11.6 Å². The minimum atomic E-state index is -4.52. The first-order valence-corrected chi connectivity index (χ1v) is 6.36. The third-order valence-electron chi connectivity index (χ3n) is 2.64. The zero-order valence-electron chi connectivity index (χ0n) is 11.0. The number of carbonyl (C=O) groups is 1. The van der Waals surface area contributed by atoms with Crippen LogP contribution < -0.4 is 15.6 Å². The predicted octanol–water partition coefficient (Wildman–Crippen LogP) is 4.24. The van der Waals surface area contributed by atoms with Crippen LogP contribution in [-0.4, -0.2) is 6.03 Å². The first kappa shape index (κ1) is 16.0. The standard InChI is InChI=1S/C14H10ClF3N2O2/c15-11-8-9(14(16,17)18)6-7-12(11)22-20(13(19)21)10-4-2-1-3-5-10/h1-8H,(H2,19,21). The summed E-state index contributed by atoms with van der Waals surface area (Å²) in [4.78, 5) is 16.7. The van der Waals surface area contributed by atoms with Gasteiger partial charge in [-0.15, -0.1) is 5.06 Å². The van der Waals surface area contributed by atoms with Gasteiger partial charge in [0.15, 0.2) is 5.75 Å². The second-order valence-corrected chi connectivity index (χ2v) is 4.61. The van der Waals surface area contributed by atoms with Crippen molar-refractivity contribution in [3.63, 3.8) is 0 Å². The molecule has 0 bridgehead atoms. The van der Waals surface area contributed by atoms with E-state index in [4.69, 9.17) is 22.2 Å². The topological polar surface area (TPSA) is 55.6 Å². The summed E-state index contributed by atoms with van der Waals surface area (Å²) in [6.45, 7) is 0. The molecular formula is C14H10ClF3N2O2. The maximum Gasteiger partial charge on any atom is 0.416 e. The lowest BCUT2D eigenvalue weighted by Crippen LogP contribution is -2.38. The van der Waals surface area contributed by atoms with Crippen molar-refractivity contribution in [1.29, 1.82) is 0 Å². The maximum atomic E-state index is 12.6. The molecule has 2 amide bonds. The highest BCUT2D eigenvalue weighted by atomic mass is 35.5. The molecule has 22 heavy (non-hydrogen) atoms. The van der Waals surface area contributed by atoms with Crippen molar-refractivity contribution in [1.82, 2.24) is 0 Å². The molecule has 0 aliphatic heterocycles. The van der Waals surface area contributed by atoms with Gasteiger partial charge in [-0.3, -0.25) is 0 Å². The van der Waals surface area contributed by atoms with E-state index in [1.807, 2.05) is 0 Å². The largest absolute Gasteiger partial charge is 0.416 e. The Labute approximate surface area is 128 Å². The molecule has 0 spiro atoms. The smallest absolute Gasteiger partial charge is 0.369 e. The number of hydrogen-bond acceptors (Lipinski definition) is 2. The molecule has 0 saturated carbocycles. The number of benzene rings is 2. The predicted molar refractivity (Wildman–Crippen MR) is 75.6 cm³/mol. The number of hydrogen-bond donors (Lipinski definition) is 1.